The van der Waals surface area contributed by atoms with E-state index >= 15 is 0 Å². The fraction of sp³-hybridized carbons (Fsp3) is 0.273. The summed E-state index contributed by atoms with van der Waals surface area (Å²) in [4.78, 5) is 19.2. The fourth-order valence-electron chi connectivity index (χ4n) is 3.14. The van der Waals surface area contributed by atoms with E-state index in [0.717, 1.165) is 16.9 Å². The third-order valence-corrected chi connectivity index (χ3v) is 4.67. The van der Waals surface area contributed by atoms with Crippen LogP contribution < -0.4 is 5.32 Å². The summed E-state index contributed by atoms with van der Waals surface area (Å²) >= 11 is 0. The van der Waals surface area contributed by atoms with E-state index in [2.05, 4.69) is 10.3 Å². The Hall–Kier alpha value is -2.92. The van der Waals surface area contributed by atoms with Gasteiger partial charge < -0.3 is 9.73 Å². The maximum Gasteiger partial charge on any atom is 0.227 e. The van der Waals surface area contributed by atoms with Crippen LogP contribution in [0.5, 0.6) is 0 Å². The van der Waals surface area contributed by atoms with Crippen molar-refractivity contribution in [3.8, 4) is 0 Å². The number of nitrogens with zero attached hydrogens (tertiary/aromatic N) is 2. The van der Waals surface area contributed by atoms with E-state index in [4.69, 9.17) is 4.42 Å². The first kappa shape index (κ1) is 18.9. The maximum absolute atomic E-state index is 13.1. The van der Waals surface area contributed by atoms with Crippen molar-refractivity contribution in [2.75, 3.05) is 20.6 Å². The summed E-state index contributed by atoms with van der Waals surface area (Å²) in [5, 5.41) is 3.11. The molecule has 5 nitrogen and oxygen atoms in total. The summed E-state index contributed by atoms with van der Waals surface area (Å²) in [6.07, 6.45) is 5.80. The molecule has 1 aromatic carbocycles. The van der Waals surface area contributed by atoms with Crippen molar-refractivity contribution in [1.29, 1.82) is 0 Å². The van der Waals surface area contributed by atoms with E-state index in [1.54, 1.807) is 18.7 Å². The highest BCUT2D eigenvalue weighted by molar-refractivity contribution is 5.84. The summed E-state index contributed by atoms with van der Waals surface area (Å²) in [5.74, 6) is 0.593. The Labute approximate surface area is 160 Å². The second kappa shape index (κ2) is 9.14. The van der Waals surface area contributed by atoms with Crippen LogP contribution in [0, 0.1) is 0 Å². The first-order valence-electron chi connectivity index (χ1n) is 9.06. The lowest BCUT2D eigenvalue weighted by Gasteiger charge is -2.24. The number of carbonyl (C=O) groups is 1. The predicted octanol–water partition coefficient (Wildman–Crippen LogP) is 3.42. The molecule has 0 saturated heterocycles. The monoisotopic (exact) mass is 363 g/mol. The molecule has 1 amide bonds. The maximum atomic E-state index is 13.1. The molecule has 0 fully saturated rings. The molecular formula is C22H25N3O2. The summed E-state index contributed by atoms with van der Waals surface area (Å²) in [5.41, 5.74) is 2.09. The molecule has 2 aromatic heterocycles. The van der Waals surface area contributed by atoms with Crippen molar-refractivity contribution in [2.45, 2.75) is 18.4 Å². The van der Waals surface area contributed by atoms with E-state index < -0.39 is 0 Å². The van der Waals surface area contributed by atoms with Gasteiger partial charge in [-0.05, 0) is 55.9 Å². The predicted molar refractivity (Wildman–Crippen MR) is 105 cm³/mol. The average molecular weight is 363 g/mol. The lowest BCUT2D eigenvalue weighted by molar-refractivity contribution is -0.122. The normalized spacial score (nSPS) is 13.3. The Balaban J connectivity index is 1.74. The number of carbonyl (C=O) groups excluding carboxylic acids is 1. The van der Waals surface area contributed by atoms with Gasteiger partial charge in [0, 0.05) is 18.9 Å². The number of furan rings is 1. The number of nitrogens with one attached hydrogen (secondary N) is 1. The molecule has 2 unspecified atom stereocenters. The standard InChI is InChI=1S/C22H25N3O2/c1-25(2)20(21-9-6-14-27-21)16-24-22(26)19(18-7-4-3-5-8-18)15-17-10-12-23-13-11-17/h3-14,19-20H,15-16H2,1-2H3,(H,24,26). The molecule has 3 aromatic rings. The summed E-state index contributed by atoms with van der Waals surface area (Å²) in [6, 6.07) is 17.6. The zero-order valence-corrected chi connectivity index (χ0v) is 15.7. The van der Waals surface area contributed by atoms with Crippen LogP contribution in [-0.2, 0) is 11.2 Å². The number of likely N-dealkylation sites (N-methyl/N-ethyl adjacent to an activating group) is 1. The quantitative estimate of drug-likeness (QED) is 0.666. The number of benzene rings is 1. The molecule has 0 bridgehead atoms. The smallest absolute Gasteiger partial charge is 0.227 e. The van der Waals surface area contributed by atoms with Crippen molar-refractivity contribution >= 4 is 5.91 Å². The molecule has 140 valence electrons. The van der Waals surface area contributed by atoms with Crippen LogP contribution in [0.4, 0.5) is 0 Å². The molecule has 0 aliphatic rings. The SMILES string of the molecule is CN(C)C(CNC(=O)C(Cc1ccncc1)c1ccccc1)c1ccco1. The number of rotatable bonds is 8. The van der Waals surface area contributed by atoms with Gasteiger partial charge in [0.05, 0.1) is 18.2 Å². The van der Waals surface area contributed by atoms with Gasteiger partial charge in [-0.25, -0.2) is 0 Å². The molecular weight excluding hydrogens is 338 g/mol. The van der Waals surface area contributed by atoms with Crippen molar-refractivity contribution in [1.82, 2.24) is 15.2 Å². The van der Waals surface area contributed by atoms with Crippen molar-refractivity contribution in [3.05, 3.63) is 90.1 Å². The van der Waals surface area contributed by atoms with Crippen LogP contribution in [0.1, 0.15) is 28.8 Å². The van der Waals surface area contributed by atoms with Gasteiger partial charge in [0.25, 0.3) is 0 Å². The van der Waals surface area contributed by atoms with Crippen LogP contribution in [0.3, 0.4) is 0 Å². The van der Waals surface area contributed by atoms with Gasteiger partial charge in [-0.1, -0.05) is 30.3 Å². The average Bonchev–Trinajstić information content (AvgIpc) is 3.22. The van der Waals surface area contributed by atoms with Gasteiger partial charge in [-0.2, -0.15) is 0 Å². The summed E-state index contributed by atoms with van der Waals surface area (Å²) in [6.45, 7) is 0.485. The lowest BCUT2D eigenvalue weighted by Crippen LogP contribution is -2.37. The molecule has 2 heterocycles. The summed E-state index contributed by atoms with van der Waals surface area (Å²) < 4.78 is 5.53. The summed E-state index contributed by atoms with van der Waals surface area (Å²) in [7, 11) is 3.95. The minimum atomic E-state index is -0.256. The van der Waals surface area contributed by atoms with E-state index in [9.17, 15) is 4.79 Å². The minimum Gasteiger partial charge on any atom is -0.468 e. The lowest BCUT2D eigenvalue weighted by atomic mass is 9.91. The Kier molecular flexibility index (Phi) is 6.39. The van der Waals surface area contributed by atoms with E-state index in [0.29, 0.717) is 13.0 Å². The molecule has 1 N–H and O–H groups in total. The largest absolute Gasteiger partial charge is 0.468 e. The number of hydrogen-bond acceptors (Lipinski definition) is 4. The number of amides is 1. The van der Waals surface area contributed by atoms with Gasteiger partial charge in [0.2, 0.25) is 5.91 Å². The number of pyridine rings is 1. The molecule has 3 rings (SSSR count). The second-order valence-corrected chi connectivity index (χ2v) is 6.76. The molecule has 0 spiro atoms. The molecule has 27 heavy (non-hydrogen) atoms. The second-order valence-electron chi connectivity index (χ2n) is 6.76. The van der Waals surface area contributed by atoms with E-state index in [-0.39, 0.29) is 17.9 Å². The highest BCUT2D eigenvalue weighted by Gasteiger charge is 2.24. The topological polar surface area (TPSA) is 58.4 Å². The van der Waals surface area contributed by atoms with Gasteiger partial charge in [-0.15, -0.1) is 0 Å². The van der Waals surface area contributed by atoms with E-state index in [1.807, 2.05) is 73.6 Å². The van der Waals surface area contributed by atoms with Crippen LogP contribution >= 0.6 is 0 Å². The first-order chi connectivity index (χ1) is 13.1. The van der Waals surface area contributed by atoms with Gasteiger partial charge in [-0.3, -0.25) is 14.7 Å². The highest BCUT2D eigenvalue weighted by Crippen LogP contribution is 2.22. The van der Waals surface area contributed by atoms with Gasteiger partial charge in [0.15, 0.2) is 0 Å². The molecule has 0 radical (unpaired) electrons. The molecule has 2 atom stereocenters. The third-order valence-electron chi connectivity index (χ3n) is 4.67. The fourth-order valence-corrected chi connectivity index (χ4v) is 3.14. The number of aromatic nitrogens is 1. The van der Waals surface area contributed by atoms with Crippen LogP contribution in [0.2, 0.25) is 0 Å². The van der Waals surface area contributed by atoms with Crippen molar-refractivity contribution in [2.24, 2.45) is 0 Å². The number of hydrogen-bond donors (Lipinski definition) is 1. The van der Waals surface area contributed by atoms with Gasteiger partial charge >= 0.3 is 0 Å². The Morgan fingerprint density at radius 3 is 2.44 bits per heavy atom. The first-order valence-corrected chi connectivity index (χ1v) is 9.06. The minimum absolute atomic E-state index is 0.0106. The zero-order chi connectivity index (χ0) is 19.1. The Morgan fingerprint density at radius 2 is 1.81 bits per heavy atom. The van der Waals surface area contributed by atoms with Crippen molar-refractivity contribution < 1.29 is 9.21 Å². The molecule has 0 saturated carbocycles. The van der Waals surface area contributed by atoms with Crippen molar-refractivity contribution in [3.63, 3.8) is 0 Å². The zero-order valence-electron chi connectivity index (χ0n) is 15.7. The Bertz CT molecular complexity index is 817. The molecule has 0 aliphatic heterocycles. The van der Waals surface area contributed by atoms with Crippen LogP contribution in [0.15, 0.2) is 77.7 Å². The van der Waals surface area contributed by atoms with Crippen LogP contribution in [0.25, 0.3) is 0 Å². The van der Waals surface area contributed by atoms with E-state index in [1.165, 1.54) is 0 Å². The third kappa shape index (κ3) is 5.05. The highest BCUT2D eigenvalue weighted by atomic mass is 16.3. The Morgan fingerprint density at radius 1 is 1.07 bits per heavy atom. The molecule has 0 aliphatic carbocycles. The molecule has 5 heteroatoms. The van der Waals surface area contributed by atoms with Gasteiger partial charge in [0.1, 0.15) is 5.76 Å². The van der Waals surface area contributed by atoms with Crippen LogP contribution in [-0.4, -0.2) is 36.4 Å².